The fourth-order valence-electron chi connectivity index (χ4n) is 1.91. The van der Waals surface area contributed by atoms with Gasteiger partial charge in [0.1, 0.15) is 0 Å². The van der Waals surface area contributed by atoms with Crippen LogP contribution < -0.4 is 0 Å². The van der Waals surface area contributed by atoms with E-state index in [2.05, 4.69) is 30.9 Å². The number of rotatable bonds is 3. The zero-order valence-electron chi connectivity index (χ0n) is 9.37. The van der Waals surface area contributed by atoms with E-state index in [0.717, 1.165) is 11.5 Å². The Labute approximate surface area is 92.7 Å². The highest BCUT2D eigenvalue weighted by atomic mass is 14.4. The van der Waals surface area contributed by atoms with E-state index in [-0.39, 0.29) is 0 Å². The molecule has 1 fully saturated rings. The summed E-state index contributed by atoms with van der Waals surface area (Å²) in [6.07, 6.45) is 5.40. The summed E-state index contributed by atoms with van der Waals surface area (Å²) in [5.41, 5.74) is 1.15. The number of unbranched alkanes of at least 4 members (excludes halogenated alkanes) is 1. The molecule has 0 bridgehead atoms. The summed E-state index contributed by atoms with van der Waals surface area (Å²) < 4.78 is 0. The van der Waals surface area contributed by atoms with Crippen LogP contribution in [0.3, 0.4) is 0 Å². The van der Waals surface area contributed by atoms with Gasteiger partial charge in [-0.1, -0.05) is 49.8 Å². The van der Waals surface area contributed by atoms with Gasteiger partial charge in [0.15, 0.2) is 0 Å². The van der Waals surface area contributed by atoms with Crippen LogP contribution in [0.1, 0.15) is 38.2 Å². The number of hydrogen-bond acceptors (Lipinski definition) is 0. The first-order valence-corrected chi connectivity index (χ1v) is 5.96. The Balaban J connectivity index is 1.82. The first-order valence-electron chi connectivity index (χ1n) is 5.96. The Bertz CT molecular complexity index is 353. The van der Waals surface area contributed by atoms with Crippen molar-refractivity contribution in [2.24, 2.45) is 11.8 Å². The third kappa shape index (κ3) is 3.13. The van der Waals surface area contributed by atoms with E-state index in [4.69, 9.17) is 0 Å². The van der Waals surface area contributed by atoms with Crippen molar-refractivity contribution in [3.05, 3.63) is 35.9 Å². The SMILES string of the molecule is CCCCC1CC1C#Cc1ccccc1. The smallest absolute Gasteiger partial charge is 0.0245 e. The highest BCUT2D eigenvalue weighted by molar-refractivity contribution is 5.35. The van der Waals surface area contributed by atoms with E-state index in [9.17, 15) is 0 Å². The van der Waals surface area contributed by atoms with Crippen LogP contribution in [0.25, 0.3) is 0 Å². The molecule has 1 saturated carbocycles. The highest BCUT2D eigenvalue weighted by Gasteiger charge is 2.34. The first-order chi connectivity index (χ1) is 7.40. The highest BCUT2D eigenvalue weighted by Crippen LogP contribution is 2.41. The molecule has 0 radical (unpaired) electrons. The van der Waals surface area contributed by atoms with E-state index in [1.807, 2.05) is 18.2 Å². The van der Waals surface area contributed by atoms with Crippen molar-refractivity contribution < 1.29 is 0 Å². The van der Waals surface area contributed by atoms with Crippen LogP contribution in [0, 0.1) is 23.7 Å². The molecule has 0 heterocycles. The molecular weight excluding hydrogens is 180 g/mol. The summed E-state index contributed by atoms with van der Waals surface area (Å²) in [6.45, 7) is 2.26. The van der Waals surface area contributed by atoms with Crippen LogP contribution in [-0.4, -0.2) is 0 Å². The predicted octanol–water partition coefficient (Wildman–Crippen LogP) is 3.86. The minimum atomic E-state index is 0.691. The summed E-state index contributed by atoms with van der Waals surface area (Å²) in [6, 6.07) is 10.3. The van der Waals surface area contributed by atoms with E-state index >= 15 is 0 Å². The second kappa shape index (κ2) is 5.03. The van der Waals surface area contributed by atoms with Crippen molar-refractivity contribution in [2.75, 3.05) is 0 Å². The molecule has 0 saturated heterocycles. The summed E-state index contributed by atoms with van der Waals surface area (Å²) in [7, 11) is 0. The molecular formula is C15H18. The molecule has 0 nitrogen and oxygen atoms in total. The number of hydrogen-bond donors (Lipinski definition) is 0. The molecule has 2 unspecified atom stereocenters. The first kappa shape index (κ1) is 10.3. The van der Waals surface area contributed by atoms with Gasteiger partial charge in [-0.15, -0.1) is 0 Å². The second-order valence-electron chi connectivity index (χ2n) is 4.38. The van der Waals surface area contributed by atoms with Gasteiger partial charge in [-0.25, -0.2) is 0 Å². The largest absolute Gasteiger partial charge is 0.0942 e. The monoisotopic (exact) mass is 198 g/mol. The quantitative estimate of drug-likeness (QED) is 0.647. The summed E-state index contributed by atoms with van der Waals surface area (Å²) in [4.78, 5) is 0. The van der Waals surface area contributed by atoms with Crippen molar-refractivity contribution in [1.29, 1.82) is 0 Å². The standard InChI is InChI=1S/C15H18/c1-2-3-9-14-12-15(14)11-10-13-7-5-4-6-8-13/h4-8,14-15H,2-3,9,12H2,1H3. The molecule has 0 N–H and O–H groups in total. The molecule has 0 spiro atoms. The Morgan fingerprint density at radius 1 is 1.27 bits per heavy atom. The lowest BCUT2D eigenvalue weighted by Crippen LogP contribution is -1.80. The summed E-state index contributed by atoms with van der Waals surface area (Å²) in [5, 5.41) is 0. The van der Waals surface area contributed by atoms with Crippen molar-refractivity contribution >= 4 is 0 Å². The van der Waals surface area contributed by atoms with Crippen molar-refractivity contribution in [3.8, 4) is 11.8 Å². The summed E-state index contributed by atoms with van der Waals surface area (Å²) >= 11 is 0. The van der Waals surface area contributed by atoms with Gasteiger partial charge in [-0.05, 0) is 30.9 Å². The van der Waals surface area contributed by atoms with Gasteiger partial charge in [0, 0.05) is 11.5 Å². The minimum Gasteiger partial charge on any atom is -0.0942 e. The lowest BCUT2D eigenvalue weighted by molar-refractivity contribution is 0.638. The van der Waals surface area contributed by atoms with Gasteiger partial charge in [0.05, 0.1) is 0 Å². The van der Waals surface area contributed by atoms with Gasteiger partial charge in [-0.2, -0.15) is 0 Å². The molecule has 0 aromatic heterocycles. The third-order valence-electron chi connectivity index (χ3n) is 3.03. The van der Waals surface area contributed by atoms with E-state index in [0.29, 0.717) is 5.92 Å². The molecule has 1 aromatic carbocycles. The maximum absolute atomic E-state index is 3.38. The average molecular weight is 198 g/mol. The zero-order chi connectivity index (χ0) is 10.5. The summed E-state index contributed by atoms with van der Waals surface area (Å²) in [5.74, 6) is 8.24. The lowest BCUT2D eigenvalue weighted by Gasteiger charge is -1.92. The molecule has 15 heavy (non-hydrogen) atoms. The average Bonchev–Trinajstić information content (AvgIpc) is 3.04. The fraction of sp³-hybridized carbons (Fsp3) is 0.467. The third-order valence-corrected chi connectivity index (χ3v) is 3.03. The van der Waals surface area contributed by atoms with Gasteiger partial charge >= 0.3 is 0 Å². The van der Waals surface area contributed by atoms with Crippen LogP contribution in [0.5, 0.6) is 0 Å². The van der Waals surface area contributed by atoms with Gasteiger partial charge < -0.3 is 0 Å². The predicted molar refractivity (Wildman–Crippen MR) is 64.4 cm³/mol. The van der Waals surface area contributed by atoms with Crippen LogP contribution in [-0.2, 0) is 0 Å². The Morgan fingerprint density at radius 3 is 2.80 bits per heavy atom. The van der Waals surface area contributed by atoms with Gasteiger partial charge in [0.25, 0.3) is 0 Å². The minimum absolute atomic E-state index is 0.691. The Morgan fingerprint density at radius 2 is 2.07 bits per heavy atom. The Kier molecular flexibility index (Phi) is 3.45. The Hall–Kier alpha value is -1.22. The second-order valence-corrected chi connectivity index (χ2v) is 4.38. The van der Waals surface area contributed by atoms with E-state index in [1.165, 1.54) is 25.7 Å². The molecule has 2 rings (SSSR count). The van der Waals surface area contributed by atoms with Crippen LogP contribution in [0.4, 0.5) is 0 Å². The van der Waals surface area contributed by atoms with Gasteiger partial charge in [0.2, 0.25) is 0 Å². The van der Waals surface area contributed by atoms with E-state index < -0.39 is 0 Å². The van der Waals surface area contributed by atoms with Crippen molar-refractivity contribution in [2.45, 2.75) is 32.6 Å². The van der Waals surface area contributed by atoms with Crippen LogP contribution >= 0.6 is 0 Å². The molecule has 0 aliphatic heterocycles. The maximum atomic E-state index is 3.38. The molecule has 1 aromatic rings. The van der Waals surface area contributed by atoms with Crippen LogP contribution in [0.2, 0.25) is 0 Å². The normalized spacial score (nSPS) is 23.0. The van der Waals surface area contributed by atoms with Crippen molar-refractivity contribution in [1.82, 2.24) is 0 Å². The zero-order valence-corrected chi connectivity index (χ0v) is 9.37. The molecule has 2 atom stereocenters. The topological polar surface area (TPSA) is 0 Å². The van der Waals surface area contributed by atoms with Crippen molar-refractivity contribution in [3.63, 3.8) is 0 Å². The lowest BCUT2D eigenvalue weighted by atomic mass is 10.1. The van der Waals surface area contributed by atoms with Crippen LogP contribution in [0.15, 0.2) is 30.3 Å². The molecule has 0 heteroatoms. The molecule has 78 valence electrons. The van der Waals surface area contributed by atoms with E-state index in [1.54, 1.807) is 0 Å². The molecule has 1 aliphatic carbocycles. The fourth-order valence-corrected chi connectivity index (χ4v) is 1.91. The van der Waals surface area contributed by atoms with Gasteiger partial charge in [-0.3, -0.25) is 0 Å². The number of benzene rings is 1. The maximum Gasteiger partial charge on any atom is 0.0245 e. The molecule has 1 aliphatic rings. The molecule has 0 amide bonds.